The van der Waals surface area contributed by atoms with Crippen molar-refractivity contribution in [3.05, 3.63) is 23.3 Å². The number of piperidine rings is 3. The summed E-state index contributed by atoms with van der Waals surface area (Å²) in [6.45, 7) is 6.27. The number of piperazine rings is 1. The van der Waals surface area contributed by atoms with Crippen molar-refractivity contribution in [1.82, 2.24) is 20.5 Å². The monoisotopic (exact) mass is 399 g/mol. The van der Waals surface area contributed by atoms with Crippen LogP contribution >= 0.6 is 11.3 Å². The van der Waals surface area contributed by atoms with Gasteiger partial charge in [0.1, 0.15) is 5.69 Å². The van der Waals surface area contributed by atoms with Gasteiger partial charge in [-0.3, -0.25) is 14.5 Å². The summed E-state index contributed by atoms with van der Waals surface area (Å²) in [4.78, 5) is 33.7. The largest absolute Gasteiger partial charge is 0.359 e. The zero-order valence-corrected chi connectivity index (χ0v) is 16.8. The second-order valence-corrected chi connectivity index (χ2v) is 8.98. The van der Waals surface area contributed by atoms with Crippen molar-refractivity contribution in [2.24, 2.45) is 5.92 Å². The molecule has 4 fully saturated rings. The summed E-state index contributed by atoms with van der Waals surface area (Å²) in [5.74, 6) is 0.506. The van der Waals surface area contributed by atoms with Gasteiger partial charge in [0.15, 0.2) is 0 Å². The fraction of sp³-hybridized carbons (Fsp3) is 0.550. The minimum atomic E-state index is -0.0963. The Balaban J connectivity index is 1.39. The lowest BCUT2D eigenvalue weighted by Crippen LogP contribution is -2.62. The Bertz CT molecular complexity index is 918. The highest BCUT2D eigenvalue weighted by atomic mass is 32.1. The van der Waals surface area contributed by atoms with Crippen LogP contribution in [0.25, 0.3) is 10.1 Å². The molecule has 2 atom stereocenters. The number of hydrogen-bond donors (Lipinski definition) is 2. The van der Waals surface area contributed by atoms with E-state index in [4.69, 9.17) is 0 Å². The molecular formula is C20H25N5O2S. The maximum absolute atomic E-state index is 13.0. The van der Waals surface area contributed by atoms with Crippen LogP contribution in [0.3, 0.4) is 0 Å². The Morgan fingerprint density at radius 2 is 2.14 bits per heavy atom. The topological polar surface area (TPSA) is 77.6 Å². The number of amides is 2. The molecule has 4 aliphatic heterocycles. The zero-order chi connectivity index (χ0) is 19.3. The van der Waals surface area contributed by atoms with Crippen LogP contribution in [0.2, 0.25) is 0 Å². The molecule has 4 aliphatic rings. The predicted molar refractivity (Wildman–Crippen MR) is 110 cm³/mol. The maximum atomic E-state index is 13.0. The second-order valence-electron chi connectivity index (χ2n) is 8.07. The fourth-order valence-electron chi connectivity index (χ4n) is 4.90. The van der Waals surface area contributed by atoms with Gasteiger partial charge in [0, 0.05) is 42.1 Å². The lowest BCUT2D eigenvalue weighted by Gasteiger charge is -2.49. The molecule has 148 valence electrons. The van der Waals surface area contributed by atoms with Crippen molar-refractivity contribution in [2.45, 2.75) is 31.8 Å². The number of carbonyl (C=O) groups is 2. The minimum absolute atomic E-state index is 0.0361. The predicted octanol–water partition coefficient (Wildman–Crippen LogP) is 1.45. The molecule has 0 saturated carbocycles. The highest BCUT2D eigenvalue weighted by molar-refractivity contribution is 7.17. The Kier molecular flexibility index (Phi) is 4.47. The number of fused-ring (bicyclic) bond motifs is 4. The summed E-state index contributed by atoms with van der Waals surface area (Å²) in [6.07, 6.45) is 4.10. The van der Waals surface area contributed by atoms with Gasteiger partial charge in [-0.25, -0.2) is 4.98 Å². The number of aromatic nitrogens is 1. The molecule has 2 aromatic rings. The molecule has 0 aliphatic carbocycles. The number of rotatable bonds is 3. The van der Waals surface area contributed by atoms with Crippen LogP contribution in [0.15, 0.2) is 17.6 Å². The van der Waals surface area contributed by atoms with Crippen LogP contribution in [-0.4, -0.2) is 66.5 Å². The molecule has 2 aromatic heterocycles. The minimum Gasteiger partial charge on any atom is -0.359 e. The highest BCUT2D eigenvalue weighted by Crippen LogP contribution is 2.34. The quantitative estimate of drug-likeness (QED) is 0.817. The molecule has 6 heterocycles. The highest BCUT2D eigenvalue weighted by Gasteiger charge is 2.40. The van der Waals surface area contributed by atoms with Gasteiger partial charge in [0.05, 0.1) is 16.9 Å². The Labute approximate surface area is 168 Å². The van der Waals surface area contributed by atoms with Gasteiger partial charge in [-0.2, -0.15) is 0 Å². The number of hydrogen-bond acceptors (Lipinski definition) is 6. The van der Waals surface area contributed by atoms with Gasteiger partial charge >= 0.3 is 0 Å². The molecule has 0 aromatic carbocycles. The third kappa shape index (κ3) is 3.04. The SMILES string of the molecule is C[C@H]1[C@H](NC(=O)c2cc3c(N4CCNC(=O)C4)csc3cn2)C2CCN1CC2. The fourth-order valence-corrected chi connectivity index (χ4v) is 5.82. The normalized spacial score (nSPS) is 29.8. The van der Waals surface area contributed by atoms with Crippen LogP contribution in [0, 0.1) is 5.92 Å². The summed E-state index contributed by atoms with van der Waals surface area (Å²) in [5, 5.41) is 9.18. The summed E-state index contributed by atoms with van der Waals surface area (Å²) in [6, 6.07) is 2.46. The molecule has 8 heteroatoms. The number of carbonyl (C=O) groups excluding carboxylic acids is 2. The van der Waals surface area contributed by atoms with Gasteiger partial charge in [-0.15, -0.1) is 11.3 Å². The van der Waals surface area contributed by atoms with Crippen molar-refractivity contribution in [2.75, 3.05) is 37.6 Å². The van der Waals surface area contributed by atoms with E-state index in [2.05, 4.69) is 37.7 Å². The van der Waals surface area contributed by atoms with Crippen LogP contribution < -0.4 is 15.5 Å². The van der Waals surface area contributed by atoms with E-state index in [1.165, 1.54) is 0 Å². The molecule has 7 nitrogen and oxygen atoms in total. The number of thiophene rings is 1. The summed E-state index contributed by atoms with van der Waals surface area (Å²) in [7, 11) is 0. The van der Waals surface area contributed by atoms with E-state index in [-0.39, 0.29) is 17.9 Å². The first-order valence-electron chi connectivity index (χ1n) is 10.0. The molecule has 2 bridgehead atoms. The average Bonchev–Trinajstić information content (AvgIpc) is 3.14. The first kappa shape index (κ1) is 17.9. The second kappa shape index (κ2) is 7.00. The van der Waals surface area contributed by atoms with Crippen LogP contribution in [0.5, 0.6) is 0 Å². The van der Waals surface area contributed by atoms with E-state index >= 15 is 0 Å². The smallest absolute Gasteiger partial charge is 0.270 e. The average molecular weight is 400 g/mol. The Hall–Kier alpha value is -2.19. The van der Waals surface area contributed by atoms with Crippen LogP contribution in [0.1, 0.15) is 30.3 Å². The lowest BCUT2D eigenvalue weighted by atomic mass is 9.79. The summed E-state index contributed by atoms with van der Waals surface area (Å²) < 4.78 is 1.04. The first-order valence-corrected chi connectivity index (χ1v) is 10.9. The van der Waals surface area contributed by atoms with Crippen LogP contribution in [-0.2, 0) is 4.79 Å². The van der Waals surface area contributed by atoms with Crippen molar-refractivity contribution < 1.29 is 9.59 Å². The van der Waals surface area contributed by atoms with E-state index < -0.39 is 0 Å². The Morgan fingerprint density at radius 1 is 1.32 bits per heavy atom. The molecule has 2 N–H and O–H groups in total. The molecule has 0 spiro atoms. The van der Waals surface area contributed by atoms with Gasteiger partial charge in [0.2, 0.25) is 5.91 Å². The number of nitrogens with one attached hydrogen (secondary N) is 2. The van der Waals surface area contributed by atoms with Crippen molar-refractivity contribution in [1.29, 1.82) is 0 Å². The lowest BCUT2D eigenvalue weighted by molar-refractivity contribution is -0.120. The van der Waals surface area contributed by atoms with Gasteiger partial charge in [-0.1, -0.05) is 0 Å². The molecule has 0 unspecified atom stereocenters. The molecular weight excluding hydrogens is 374 g/mol. The third-order valence-electron chi connectivity index (χ3n) is 6.53. The zero-order valence-electron chi connectivity index (χ0n) is 16.0. The van der Waals surface area contributed by atoms with E-state index in [1.54, 1.807) is 17.5 Å². The van der Waals surface area contributed by atoms with Crippen molar-refractivity contribution >= 4 is 38.9 Å². The Morgan fingerprint density at radius 3 is 2.89 bits per heavy atom. The molecule has 2 amide bonds. The van der Waals surface area contributed by atoms with Crippen molar-refractivity contribution in [3.8, 4) is 0 Å². The van der Waals surface area contributed by atoms with E-state index in [0.717, 1.165) is 48.2 Å². The molecule has 4 saturated heterocycles. The number of anilines is 1. The van der Waals surface area contributed by atoms with Gasteiger partial charge in [-0.05, 0) is 44.8 Å². The van der Waals surface area contributed by atoms with Crippen LogP contribution in [0.4, 0.5) is 5.69 Å². The van der Waals surface area contributed by atoms with Gasteiger partial charge in [0.25, 0.3) is 5.91 Å². The van der Waals surface area contributed by atoms with E-state index in [1.807, 2.05) is 6.07 Å². The molecule has 28 heavy (non-hydrogen) atoms. The first-order chi connectivity index (χ1) is 13.6. The van der Waals surface area contributed by atoms with E-state index in [0.29, 0.717) is 30.7 Å². The van der Waals surface area contributed by atoms with Crippen molar-refractivity contribution in [3.63, 3.8) is 0 Å². The van der Waals surface area contributed by atoms with E-state index in [9.17, 15) is 9.59 Å². The standard InChI is InChI=1S/C20H25N5O2S/c1-12-19(13-2-5-24(12)6-3-13)23-20(27)15-8-14-16(11-28-17(14)9-22-15)25-7-4-21-18(26)10-25/h8-9,11-13,19H,2-7,10H2,1H3,(H,21,26)(H,23,27)/t12-,19-/m0/s1. The van der Waals surface area contributed by atoms with Gasteiger partial charge < -0.3 is 15.5 Å². The molecule has 6 rings (SSSR count). The summed E-state index contributed by atoms with van der Waals surface area (Å²) >= 11 is 1.60. The number of pyridine rings is 1. The third-order valence-corrected chi connectivity index (χ3v) is 7.45. The summed E-state index contributed by atoms with van der Waals surface area (Å²) in [5.41, 5.74) is 1.47. The molecule has 0 radical (unpaired) electrons. The number of nitrogens with zero attached hydrogens (tertiary/aromatic N) is 3. The maximum Gasteiger partial charge on any atom is 0.270 e.